The molecule has 0 spiro atoms. The second-order valence-electron chi connectivity index (χ2n) is 4.49. The molecule has 0 bridgehead atoms. The molecule has 15 heavy (non-hydrogen) atoms. The quantitative estimate of drug-likeness (QED) is 0.719. The Morgan fingerprint density at radius 2 is 2.07 bits per heavy atom. The number of carbonyl (C=O) groups excluding carboxylic acids is 1. The van der Waals surface area contributed by atoms with Gasteiger partial charge in [-0.1, -0.05) is 0 Å². The maximum absolute atomic E-state index is 11.3. The average molecular weight is 212 g/mol. The van der Waals surface area contributed by atoms with Crippen molar-refractivity contribution in [3.05, 3.63) is 0 Å². The van der Waals surface area contributed by atoms with Crippen LogP contribution in [-0.4, -0.2) is 49.7 Å². The summed E-state index contributed by atoms with van der Waals surface area (Å²) in [5, 5.41) is 2.87. The van der Waals surface area contributed by atoms with Gasteiger partial charge in [0.25, 0.3) is 0 Å². The van der Waals surface area contributed by atoms with Crippen LogP contribution in [0.3, 0.4) is 0 Å². The summed E-state index contributed by atoms with van der Waals surface area (Å²) in [6.45, 7) is 2.40. The van der Waals surface area contributed by atoms with E-state index < -0.39 is 0 Å². The minimum atomic E-state index is 0.176. The Hall–Kier alpha value is -0.610. The van der Waals surface area contributed by atoms with Crippen LogP contribution >= 0.6 is 0 Å². The van der Waals surface area contributed by atoms with Gasteiger partial charge in [0.1, 0.15) is 0 Å². The van der Waals surface area contributed by atoms with E-state index in [4.69, 9.17) is 4.74 Å². The Bertz CT molecular complexity index is 225. The standard InChI is InChI=1S/C11H20N2O2/c1-15-10-4-2-9(3-5-10)13-7-6-12-11(14)8-13/h9-10H,2-8H2,1H3,(H,12,14). The van der Waals surface area contributed by atoms with Gasteiger partial charge in [-0.25, -0.2) is 0 Å². The van der Waals surface area contributed by atoms with Crippen LogP contribution in [0.15, 0.2) is 0 Å². The molecule has 4 heteroatoms. The summed E-state index contributed by atoms with van der Waals surface area (Å²) in [5.74, 6) is 0.176. The van der Waals surface area contributed by atoms with E-state index in [2.05, 4.69) is 10.2 Å². The minimum absolute atomic E-state index is 0.176. The van der Waals surface area contributed by atoms with E-state index in [1.54, 1.807) is 7.11 Å². The molecule has 2 rings (SSSR count). The van der Waals surface area contributed by atoms with Crippen LogP contribution < -0.4 is 5.32 Å². The molecule has 1 saturated heterocycles. The first-order chi connectivity index (χ1) is 7.29. The molecule has 86 valence electrons. The smallest absolute Gasteiger partial charge is 0.234 e. The lowest BCUT2D eigenvalue weighted by atomic mass is 9.91. The molecule has 1 amide bonds. The van der Waals surface area contributed by atoms with Crippen LogP contribution in [0.25, 0.3) is 0 Å². The highest BCUT2D eigenvalue weighted by atomic mass is 16.5. The van der Waals surface area contributed by atoms with Gasteiger partial charge in [-0.15, -0.1) is 0 Å². The summed E-state index contributed by atoms with van der Waals surface area (Å²) >= 11 is 0. The van der Waals surface area contributed by atoms with Crippen LogP contribution in [0.1, 0.15) is 25.7 Å². The van der Waals surface area contributed by atoms with Crippen molar-refractivity contribution in [2.75, 3.05) is 26.7 Å². The van der Waals surface area contributed by atoms with Gasteiger partial charge in [-0.05, 0) is 25.7 Å². The van der Waals surface area contributed by atoms with Gasteiger partial charge in [0.15, 0.2) is 0 Å². The molecular formula is C11H20N2O2. The van der Waals surface area contributed by atoms with E-state index in [9.17, 15) is 4.79 Å². The van der Waals surface area contributed by atoms with Crippen LogP contribution in [0.2, 0.25) is 0 Å². The van der Waals surface area contributed by atoms with Gasteiger partial charge >= 0.3 is 0 Å². The highest BCUT2D eigenvalue weighted by molar-refractivity contribution is 5.78. The number of ether oxygens (including phenoxy) is 1. The number of hydrogen-bond acceptors (Lipinski definition) is 3. The summed E-state index contributed by atoms with van der Waals surface area (Å²) in [6.07, 6.45) is 5.07. The molecule has 1 N–H and O–H groups in total. The zero-order chi connectivity index (χ0) is 10.7. The zero-order valence-electron chi connectivity index (χ0n) is 9.37. The van der Waals surface area contributed by atoms with Crippen molar-refractivity contribution in [3.8, 4) is 0 Å². The van der Waals surface area contributed by atoms with Crippen molar-refractivity contribution in [3.63, 3.8) is 0 Å². The fraction of sp³-hybridized carbons (Fsp3) is 0.909. The molecule has 0 atom stereocenters. The van der Waals surface area contributed by atoms with Gasteiger partial charge in [0.05, 0.1) is 12.6 Å². The minimum Gasteiger partial charge on any atom is -0.381 e. The number of amides is 1. The zero-order valence-corrected chi connectivity index (χ0v) is 9.37. The van der Waals surface area contributed by atoms with Gasteiger partial charge in [0, 0.05) is 26.2 Å². The SMILES string of the molecule is COC1CCC(N2CCNC(=O)C2)CC1. The van der Waals surface area contributed by atoms with Crippen molar-refractivity contribution in [2.45, 2.75) is 37.8 Å². The van der Waals surface area contributed by atoms with Crippen molar-refractivity contribution in [1.82, 2.24) is 10.2 Å². The third-order valence-corrected chi connectivity index (χ3v) is 3.56. The number of methoxy groups -OCH3 is 1. The van der Waals surface area contributed by atoms with Gasteiger partial charge < -0.3 is 10.1 Å². The first-order valence-electron chi connectivity index (χ1n) is 5.83. The maximum atomic E-state index is 11.3. The van der Waals surface area contributed by atoms with Gasteiger partial charge in [-0.2, -0.15) is 0 Å². The maximum Gasteiger partial charge on any atom is 0.234 e. The summed E-state index contributed by atoms with van der Waals surface area (Å²) < 4.78 is 5.35. The predicted octanol–water partition coefficient (Wildman–Crippen LogP) is 0.376. The number of nitrogens with one attached hydrogen (secondary N) is 1. The third-order valence-electron chi connectivity index (χ3n) is 3.56. The molecule has 2 fully saturated rings. The lowest BCUT2D eigenvalue weighted by Gasteiger charge is -2.38. The number of carbonyl (C=O) groups is 1. The van der Waals surface area contributed by atoms with Crippen molar-refractivity contribution < 1.29 is 9.53 Å². The average Bonchev–Trinajstić information content (AvgIpc) is 2.29. The van der Waals surface area contributed by atoms with Crippen molar-refractivity contribution >= 4 is 5.91 Å². The lowest BCUT2D eigenvalue weighted by Crippen LogP contribution is -2.52. The molecule has 1 aliphatic carbocycles. The van der Waals surface area contributed by atoms with E-state index >= 15 is 0 Å². The lowest BCUT2D eigenvalue weighted by molar-refractivity contribution is -0.125. The molecule has 0 aromatic carbocycles. The molecule has 0 radical (unpaired) electrons. The Morgan fingerprint density at radius 3 is 2.67 bits per heavy atom. The van der Waals surface area contributed by atoms with Gasteiger partial charge in [-0.3, -0.25) is 9.69 Å². The summed E-state index contributed by atoms with van der Waals surface area (Å²) in [5.41, 5.74) is 0. The molecule has 4 nitrogen and oxygen atoms in total. The fourth-order valence-corrected chi connectivity index (χ4v) is 2.62. The topological polar surface area (TPSA) is 41.6 Å². The second kappa shape index (κ2) is 4.94. The molecule has 1 saturated carbocycles. The van der Waals surface area contributed by atoms with Crippen LogP contribution in [0.5, 0.6) is 0 Å². The van der Waals surface area contributed by atoms with Crippen molar-refractivity contribution in [1.29, 1.82) is 0 Å². The van der Waals surface area contributed by atoms with E-state index in [1.807, 2.05) is 0 Å². The number of rotatable bonds is 2. The summed E-state index contributed by atoms with van der Waals surface area (Å²) in [7, 11) is 1.79. The summed E-state index contributed by atoms with van der Waals surface area (Å²) in [6, 6.07) is 0.599. The Balaban J connectivity index is 1.81. The normalized spacial score (nSPS) is 33.8. The largest absolute Gasteiger partial charge is 0.381 e. The molecule has 2 aliphatic rings. The number of piperazine rings is 1. The molecule has 1 heterocycles. The van der Waals surface area contributed by atoms with E-state index in [1.165, 1.54) is 12.8 Å². The van der Waals surface area contributed by atoms with Gasteiger partial charge in [0.2, 0.25) is 5.91 Å². The fourth-order valence-electron chi connectivity index (χ4n) is 2.62. The number of hydrogen-bond donors (Lipinski definition) is 1. The number of nitrogens with zero attached hydrogens (tertiary/aromatic N) is 1. The second-order valence-corrected chi connectivity index (χ2v) is 4.49. The first kappa shape index (κ1) is 10.9. The molecule has 0 unspecified atom stereocenters. The predicted molar refractivity (Wildman–Crippen MR) is 57.6 cm³/mol. The molecule has 0 aromatic heterocycles. The van der Waals surface area contributed by atoms with Crippen LogP contribution in [0.4, 0.5) is 0 Å². The molecule has 1 aliphatic heterocycles. The van der Waals surface area contributed by atoms with Crippen LogP contribution in [0, 0.1) is 0 Å². The Kier molecular flexibility index (Phi) is 3.59. The first-order valence-corrected chi connectivity index (χ1v) is 5.83. The van der Waals surface area contributed by atoms with E-state index in [-0.39, 0.29) is 5.91 Å². The van der Waals surface area contributed by atoms with Crippen molar-refractivity contribution in [2.24, 2.45) is 0 Å². The Labute approximate surface area is 91.0 Å². The Morgan fingerprint density at radius 1 is 1.33 bits per heavy atom. The molecule has 0 aromatic rings. The van der Waals surface area contributed by atoms with E-state index in [0.29, 0.717) is 18.7 Å². The highest BCUT2D eigenvalue weighted by Crippen LogP contribution is 2.24. The van der Waals surface area contributed by atoms with E-state index in [0.717, 1.165) is 25.9 Å². The monoisotopic (exact) mass is 212 g/mol. The summed E-state index contributed by atoms with van der Waals surface area (Å²) in [4.78, 5) is 13.6. The highest BCUT2D eigenvalue weighted by Gasteiger charge is 2.28. The van der Waals surface area contributed by atoms with Crippen LogP contribution in [-0.2, 0) is 9.53 Å². The third kappa shape index (κ3) is 2.69. The molecular weight excluding hydrogens is 192 g/mol.